The van der Waals surface area contributed by atoms with Crippen LogP contribution in [0.4, 0.5) is 5.69 Å². The molecule has 2 aromatic heterocycles. The molecular formula is C14H17N7. The highest BCUT2D eigenvalue weighted by molar-refractivity contribution is 5.61. The van der Waals surface area contributed by atoms with Crippen LogP contribution in [0.25, 0.3) is 11.4 Å². The zero-order valence-corrected chi connectivity index (χ0v) is 12.3. The van der Waals surface area contributed by atoms with Crippen molar-refractivity contribution < 1.29 is 0 Å². The van der Waals surface area contributed by atoms with E-state index in [1.165, 1.54) is 11.3 Å². The Balaban J connectivity index is 1.78. The Bertz CT molecular complexity index is 743. The number of benzene rings is 1. The Morgan fingerprint density at radius 3 is 2.81 bits per heavy atom. The van der Waals surface area contributed by atoms with Crippen LogP contribution in [0, 0.1) is 13.8 Å². The van der Waals surface area contributed by atoms with Crippen molar-refractivity contribution in [1.82, 2.24) is 30.4 Å². The third kappa shape index (κ3) is 2.62. The molecule has 0 aliphatic carbocycles. The molecule has 0 aliphatic heterocycles. The first-order chi connectivity index (χ1) is 10.1. The predicted molar refractivity (Wildman–Crippen MR) is 79.6 cm³/mol. The summed E-state index contributed by atoms with van der Waals surface area (Å²) >= 11 is 0. The van der Waals surface area contributed by atoms with Crippen molar-refractivity contribution in [2.45, 2.75) is 20.4 Å². The number of H-pyrrole nitrogens is 1. The van der Waals surface area contributed by atoms with Gasteiger partial charge < -0.3 is 5.32 Å². The van der Waals surface area contributed by atoms with E-state index in [1.807, 2.05) is 42.9 Å². The van der Waals surface area contributed by atoms with Crippen LogP contribution in [0.1, 0.15) is 17.0 Å². The molecule has 1 aromatic carbocycles. The van der Waals surface area contributed by atoms with Crippen molar-refractivity contribution in [3.8, 4) is 11.4 Å². The lowest BCUT2D eigenvalue weighted by molar-refractivity contribution is 0.730. The molecule has 3 rings (SSSR count). The van der Waals surface area contributed by atoms with E-state index in [0.29, 0.717) is 5.82 Å². The fraction of sp³-hybridized carbons (Fsp3) is 0.286. The van der Waals surface area contributed by atoms with Gasteiger partial charge in [-0.2, -0.15) is 10.3 Å². The maximum atomic E-state index is 4.43. The fourth-order valence-electron chi connectivity index (χ4n) is 2.32. The molecule has 2 N–H and O–H groups in total. The lowest BCUT2D eigenvalue weighted by Crippen LogP contribution is -2.02. The van der Waals surface area contributed by atoms with Crippen molar-refractivity contribution in [1.29, 1.82) is 0 Å². The van der Waals surface area contributed by atoms with Crippen LogP contribution in [0.5, 0.6) is 0 Å². The number of aromatic amines is 1. The number of nitrogens with zero attached hydrogens (tertiary/aromatic N) is 5. The van der Waals surface area contributed by atoms with Gasteiger partial charge in [-0.3, -0.25) is 4.68 Å². The van der Waals surface area contributed by atoms with Crippen LogP contribution in [0.15, 0.2) is 24.3 Å². The number of hydrogen-bond donors (Lipinski definition) is 2. The standard InChI is InChI=1S/C14H17N7/c1-9-13(10(2)21(3)18-9)8-15-12-6-4-5-11(7-12)14-16-19-20-17-14/h4-7,15H,8H2,1-3H3,(H,16,17,19,20). The highest BCUT2D eigenvalue weighted by atomic mass is 15.5. The van der Waals surface area contributed by atoms with Gasteiger partial charge in [0.2, 0.25) is 5.82 Å². The van der Waals surface area contributed by atoms with Crippen LogP contribution >= 0.6 is 0 Å². The molecule has 0 radical (unpaired) electrons. The Morgan fingerprint density at radius 1 is 1.29 bits per heavy atom. The van der Waals surface area contributed by atoms with E-state index in [4.69, 9.17) is 0 Å². The van der Waals surface area contributed by atoms with E-state index in [1.54, 1.807) is 0 Å². The zero-order valence-electron chi connectivity index (χ0n) is 12.3. The van der Waals surface area contributed by atoms with Crippen LogP contribution in [0.3, 0.4) is 0 Å². The van der Waals surface area contributed by atoms with Gasteiger partial charge in [-0.05, 0) is 31.2 Å². The smallest absolute Gasteiger partial charge is 0.204 e. The minimum Gasteiger partial charge on any atom is -0.381 e. The minimum absolute atomic E-state index is 0.590. The molecule has 108 valence electrons. The summed E-state index contributed by atoms with van der Waals surface area (Å²) < 4.78 is 1.90. The molecule has 3 aromatic rings. The number of nitrogens with one attached hydrogen (secondary N) is 2. The molecule has 0 amide bonds. The van der Waals surface area contributed by atoms with Gasteiger partial charge in [0.25, 0.3) is 0 Å². The molecule has 0 unspecified atom stereocenters. The van der Waals surface area contributed by atoms with Crippen LogP contribution < -0.4 is 5.32 Å². The van der Waals surface area contributed by atoms with Gasteiger partial charge in [0.05, 0.1) is 5.69 Å². The summed E-state index contributed by atoms with van der Waals surface area (Å²) in [5.41, 5.74) is 5.39. The normalized spacial score (nSPS) is 10.8. The lowest BCUT2D eigenvalue weighted by Gasteiger charge is -2.08. The summed E-state index contributed by atoms with van der Waals surface area (Å²) in [5, 5.41) is 21.9. The number of rotatable bonds is 4. The summed E-state index contributed by atoms with van der Waals surface area (Å²) in [6, 6.07) is 7.95. The van der Waals surface area contributed by atoms with E-state index >= 15 is 0 Å². The Hall–Kier alpha value is -2.70. The molecule has 7 heteroatoms. The molecule has 0 fully saturated rings. The maximum absolute atomic E-state index is 4.43. The average molecular weight is 283 g/mol. The molecule has 0 saturated carbocycles. The molecule has 21 heavy (non-hydrogen) atoms. The summed E-state index contributed by atoms with van der Waals surface area (Å²) in [4.78, 5) is 0. The van der Waals surface area contributed by atoms with Crippen LogP contribution in [0.2, 0.25) is 0 Å². The van der Waals surface area contributed by atoms with Crippen molar-refractivity contribution in [3.63, 3.8) is 0 Å². The number of tetrazole rings is 1. The zero-order chi connectivity index (χ0) is 14.8. The van der Waals surface area contributed by atoms with Gasteiger partial charge in [-0.15, -0.1) is 10.2 Å². The molecule has 0 bridgehead atoms. The monoisotopic (exact) mass is 283 g/mol. The largest absolute Gasteiger partial charge is 0.381 e. The van der Waals surface area contributed by atoms with Gasteiger partial charge in [-0.1, -0.05) is 12.1 Å². The van der Waals surface area contributed by atoms with E-state index in [-0.39, 0.29) is 0 Å². The number of aromatic nitrogens is 6. The van der Waals surface area contributed by atoms with Gasteiger partial charge >= 0.3 is 0 Å². The van der Waals surface area contributed by atoms with Gasteiger partial charge in [0.1, 0.15) is 0 Å². The van der Waals surface area contributed by atoms with Crippen LogP contribution in [-0.4, -0.2) is 30.4 Å². The summed E-state index contributed by atoms with van der Waals surface area (Å²) in [6.45, 7) is 4.84. The maximum Gasteiger partial charge on any atom is 0.204 e. The number of hydrogen-bond acceptors (Lipinski definition) is 5. The summed E-state index contributed by atoms with van der Waals surface area (Å²) in [6.07, 6.45) is 0. The average Bonchev–Trinajstić information content (AvgIpc) is 3.08. The van der Waals surface area contributed by atoms with E-state index in [0.717, 1.165) is 23.5 Å². The first-order valence-electron chi connectivity index (χ1n) is 6.72. The molecular weight excluding hydrogens is 266 g/mol. The van der Waals surface area contributed by atoms with Crippen molar-refractivity contribution in [3.05, 3.63) is 41.2 Å². The van der Waals surface area contributed by atoms with Gasteiger partial charge in [-0.25, -0.2) is 0 Å². The Labute approximate surface area is 122 Å². The number of anilines is 1. The Morgan fingerprint density at radius 2 is 2.14 bits per heavy atom. The van der Waals surface area contributed by atoms with Crippen molar-refractivity contribution >= 4 is 5.69 Å². The van der Waals surface area contributed by atoms with Gasteiger partial charge in [0, 0.05) is 36.1 Å². The lowest BCUT2D eigenvalue weighted by atomic mass is 10.1. The Kier molecular flexibility index (Phi) is 3.39. The minimum atomic E-state index is 0.590. The second kappa shape index (κ2) is 5.35. The van der Waals surface area contributed by atoms with E-state index < -0.39 is 0 Å². The highest BCUT2D eigenvalue weighted by Crippen LogP contribution is 2.20. The first kappa shape index (κ1) is 13.3. The molecule has 7 nitrogen and oxygen atoms in total. The third-order valence-corrected chi connectivity index (χ3v) is 3.59. The SMILES string of the molecule is Cc1nn(C)c(C)c1CNc1cccc(-c2nn[nH]n2)c1. The van der Waals surface area contributed by atoms with Crippen molar-refractivity contribution in [2.75, 3.05) is 5.32 Å². The van der Waals surface area contributed by atoms with Crippen molar-refractivity contribution in [2.24, 2.45) is 7.05 Å². The first-order valence-corrected chi connectivity index (χ1v) is 6.72. The van der Waals surface area contributed by atoms with Crippen LogP contribution in [-0.2, 0) is 13.6 Å². The summed E-state index contributed by atoms with van der Waals surface area (Å²) in [5.74, 6) is 0.590. The highest BCUT2D eigenvalue weighted by Gasteiger charge is 2.09. The third-order valence-electron chi connectivity index (χ3n) is 3.59. The molecule has 0 aliphatic rings. The van der Waals surface area contributed by atoms with E-state index in [9.17, 15) is 0 Å². The number of aryl methyl sites for hydroxylation is 2. The quantitative estimate of drug-likeness (QED) is 0.763. The predicted octanol–water partition coefficient (Wildman–Crippen LogP) is 1.83. The fourth-order valence-corrected chi connectivity index (χ4v) is 2.32. The summed E-state index contributed by atoms with van der Waals surface area (Å²) in [7, 11) is 1.96. The van der Waals surface area contributed by atoms with E-state index in [2.05, 4.69) is 38.0 Å². The molecule has 0 spiro atoms. The second-order valence-electron chi connectivity index (χ2n) is 4.94. The molecule has 0 atom stereocenters. The molecule has 0 saturated heterocycles. The topological polar surface area (TPSA) is 84.3 Å². The van der Waals surface area contributed by atoms with Gasteiger partial charge in [0.15, 0.2) is 0 Å². The molecule has 2 heterocycles. The second-order valence-corrected chi connectivity index (χ2v) is 4.94.